The minimum Gasteiger partial charge on any atom is -0.147 e. The molecule has 0 amide bonds. The highest BCUT2D eigenvalue weighted by atomic mass is 35.5. The van der Waals surface area contributed by atoms with Gasteiger partial charge in [-0.15, -0.1) is 21.0 Å². The summed E-state index contributed by atoms with van der Waals surface area (Å²) in [6.45, 7) is 2.29. The molecule has 0 nitrogen and oxygen atoms in total. The number of hydrogen-bond acceptors (Lipinski definition) is 0. The van der Waals surface area contributed by atoms with Crippen molar-refractivity contribution < 1.29 is 0 Å². The van der Waals surface area contributed by atoms with Crippen molar-refractivity contribution in [1.29, 1.82) is 0 Å². The second-order valence-corrected chi connectivity index (χ2v) is 5.37. The maximum atomic E-state index is 2.29. The maximum Gasteiger partial charge on any atom is -0.0237 e. The van der Waals surface area contributed by atoms with Gasteiger partial charge >= 0.3 is 0 Å². The SMILES string of the molecule is CCCCCPC1CCCC1.Cl. The second-order valence-electron chi connectivity index (χ2n) is 3.64. The van der Waals surface area contributed by atoms with Gasteiger partial charge in [0, 0.05) is 0 Å². The average molecular weight is 209 g/mol. The van der Waals surface area contributed by atoms with E-state index in [4.69, 9.17) is 0 Å². The highest BCUT2D eigenvalue weighted by molar-refractivity contribution is 7.38. The van der Waals surface area contributed by atoms with Crippen LogP contribution in [0.2, 0.25) is 0 Å². The van der Waals surface area contributed by atoms with Crippen LogP contribution >= 0.6 is 21.0 Å². The van der Waals surface area contributed by atoms with E-state index in [-0.39, 0.29) is 12.4 Å². The molecule has 1 atom stereocenters. The van der Waals surface area contributed by atoms with Crippen molar-refractivity contribution >= 4 is 21.0 Å². The molecular formula is C10H22ClP. The smallest absolute Gasteiger partial charge is 0.0237 e. The van der Waals surface area contributed by atoms with Crippen molar-refractivity contribution in [2.75, 3.05) is 6.16 Å². The van der Waals surface area contributed by atoms with Crippen LogP contribution in [0, 0.1) is 0 Å². The fourth-order valence-electron chi connectivity index (χ4n) is 1.81. The van der Waals surface area contributed by atoms with E-state index >= 15 is 0 Å². The van der Waals surface area contributed by atoms with Crippen molar-refractivity contribution in [1.82, 2.24) is 0 Å². The van der Waals surface area contributed by atoms with Crippen LogP contribution in [0.1, 0.15) is 51.9 Å². The average Bonchev–Trinajstić information content (AvgIpc) is 2.50. The molecule has 0 heterocycles. The Bertz CT molecular complexity index is 89.8. The van der Waals surface area contributed by atoms with E-state index in [2.05, 4.69) is 6.92 Å². The molecular weight excluding hydrogens is 187 g/mol. The van der Waals surface area contributed by atoms with Gasteiger partial charge in [0.25, 0.3) is 0 Å². The lowest BCUT2D eigenvalue weighted by Crippen LogP contribution is -1.92. The molecule has 2 heteroatoms. The Morgan fingerprint density at radius 1 is 1.17 bits per heavy atom. The van der Waals surface area contributed by atoms with E-state index in [9.17, 15) is 0 Å². The van der Waals surface area contributed by atoms with Crippen LogP contribution in [-0.4, -0.2) is 11.8 Å². The van der Waals surface area contributed by atoms with Crippen LogP contribution in [-0.2, 0) is 0 Å². The van der Waals surface area contributed by atoms with Crippen molar-refractivity contribution in [2.24, 2.45) is 0 Å². The minimum atomic E-state index is 0. The standard InChI is InChI=1S/C10H21P.ClH/c1-2-3-6-9-11-10-7-4-5-8-10;/h10-11H,2-9H2,1H3;1H. The Morgan fingerprint density at radius 2 is 1.83 bits per heavy atom. The van der Waals surface area contributed by atoms with E-state index < -0.39 is 0 Å². The van der Waals surface area contributed by atoms with Crippen LogP contribution in [0.25, 0.3) is 0 Å². The van der Waals surface area contributed by atoms with Crippen LogP contribution in [0.5, 0.6) is 0 Å². The largest absolute Gasteiger partial charge is 0.147 e. The molecule has 0 aromatic carbocycles. The van der Waals surface area contributed by atoms with Gasteiger partial charge in [0.1, 0.15) is 0 Å². The summed E-state index contributed by atoms with van der Waals surface area (Å²) in [5, 5.41) is 0. The molecule has 0 saturated heterocycles. The van der Waals surface area contributed by atoms with Gasteiger partial charge in [-0.3, -0.25) is 0 Å². The second kappa shape index (κ2) is 8.32. The lowest BCUT2D eigenvalue weighted by Gasteiger charge is -2.07. The van der Waals surface area contributed by atoms with Gasteiger partial charge in [-0.05, 0) is 31.1 Å². The molecule has 0 radical (unpaired) electrons. The molecule has 1 unspecified atom stereocenters. The van der Waals surface area contributed by atoms with Crippen LogP contribution < -0.4 is 0 Å². The first-order valence-electron chi connectivity index (χ1n) is 5.17. The van der Waals surface area contributed by atoms with Crippen LogP contribution in [0.4, 0.5) is 0 Å². The Balaban J connectivity index is 0.00000121. The predicted octanol–water partition coefficient (Wildman–Crippen LogP) is 4.22. The van der Waals surface area contributed by atoms with Gasteiger partial charge in [0.2, 0.25) is 0 Å². The maximum absolute atomic E-state index is 2.29. The van der Waals surface area contributed by atoms with Crippen LogP contribution in [0.3, 0.4) is 0 Å². The van der Waals surface area contributed by atoms with Gasteiger partial charge in [0.05, 0.1) is 0 Å². The third-order valence-electron chi connectivity index (χ3n) is 2.57. The quantitative estimate of drug-likeness (QED) is 0.469. The number of rotatable bonds is 5. The Morgan fingerprint density at radius 3 is 2.42 bits per heavy atom. The molecule has 1 rings (SSSR count). The first-order chi connectivity index (χ1) is 5.43. The Kier molecular flexibility index (Phi) is 8.82. The molecule has 12 heavy (non-hydrogen) atoms. The highest BCUT2D eigenvalue weighted by Gasteiger charge is 2.13. The summed E-state index contributed by atoms with van der Waals surface area (Å²) in [5.74, 6) is 0. The summed E-state index contributed by atoms with van der Waals surface area (Å²) in [6, 6.07) is 0. The molecule has 0 aliphatic heterocycles. The van der Waals surface area contributed by atoms with Crippen molar-refractivity contribution in [3.05, 3.63) is 0 Å². The molecule has 1 aliphatic carbocycles. The van der Waals surface area contributed by atoms with Crippen LogP contribution in [0.15, 0.2) is 0 Å². The topological polar surface area (TPSA) is 0 Å². The Hall–Kier alpha value is 0.720. The molecule has 0 aromatic heterocycles. The monoisotopic (exact) mass is 208 g/mol. The molecule has 0 bridgehead atoms. The zero-order valence-corrected chi connectivity index (χ0v) is 9.96. The first-order valence-corrected chi connectivity index (χ1v) is 6.45. The van der Waals surface area contributed by atoms with Gasteiger partial charge in [0.15, 0.2) is 0 Å². The van der Waals surface area contributed by atoms with E-state index in [1.807, 2.05) is 0 Å². The predicted molar refractivity (Wildman–Crippen MR) is 62.2 cm³/mol. The lowest BCUT2D eigenvalue weighted by atomic mass is 10.3. The normalized spacial score (nSPS) is 18.8. The minimum absolute atomic E-state index is 0. The number of hydrogen-bond donors (Lipinski definition) is 0. The highest BCUT2D eigenvalue weighted by Crippen LogP contribution is 2.34. The summed E-state index contributed by atoms with van der Waals surface area (Å²) < 4.78 is 0. The zero-order chi connectivity index (χ0) is 7.94. The first kappa shape index (κ1) is 12.7. The summed E-state index contributed by atoms with van der Waals surface area (Å²) in [6.07, 6.45) is 12.0. The molecule has 1 saturated carbocycles. The summed E-state index contributed by atoms with van der Waals surface area (Å²) in [4.78, 5) is 0. The van der Waals surface area contributed by atoms with Crippen molar-refractivity contribution in [3.8, 4) is 0 Å². The van der Waals surface area contributed by atoms with E-state index in [1.54, 1.807) is 12.8 Å². The summed E-state index contributed by atoms with van der Waals surface area (Å²) in [7, 11) is 1.30. The van der Waals surface area contributed by atoms with Gasteiger partial charge in [-0.2, -0.15) is 0 Å². The summed E-state index contributed by atoms with van der Waals surface area (Å²) in [5.41, 5.74) is 1.15. The molecule has 0 spiro atoms. The third kappa shape index (κ3) is 5.38. The molecule has 1 fully saturated rings. The molecule has 0 aromatic rings. The van der Waals surface area contributed by atoms with Gasteiger partial charge in [-0.25, -0.2) is 0 Å². The van der Waals surface area contributed by atoms with Crippen molar-refractivity contribution in [3.63, 3.8) is 0 Å². The third-order valence-corrected chi connectivity index (χ3v) is 4.37. The molecule has 74 valence electrons. The fraction of sp³-hybridized carbons (Fsp3) is 1.00. The number of halogens is 1. The van der Waals surface area contributed by atoms with Gasteiger partial charge < -0.3 is 0 Å². The van der Waals surface area contributed by atoms with E-state index in [0.29, 0.717) is 0 Å². The van der Waals surface area contributed by atoms with E-state index in [1.165, 1.54) is 46.8 Å². The lowest BCUT2D eigenvalue weighted by molar-refractivity contribution is 0.772. The number of unbranched alkanes of at least 4 members (excludes halogenated alkanes) is 2. The Labute approximate surface area is 85.1 Å². The molecule has 1 aliphatic rings. The van der Waals surface area contributed by atoms with Gasteiger partial charge in [-0.1, -0.05) is 32.6 Å². The van der Waals surface area contributed by atoms with E-state index in [0.717, 1.165) is 5.66 Å². The zero-order valence-electron chi connectivity index (χ0n) is 8.14. The molecule has 0 N–H and O–H groups in total. The fourth-order valence-corrected chi connectivity index (χ4v) is 3.49. The van der Waals surface area contributed by atoms with Crippen molar-refractivity contribution in [2.45, 2.75) is 57.5 Å². The summed E-state index contributed by atoms with van der Waals surface area (Å²) >= 11 is 0.